The first-order valence-corrected chi connectivity index (χ1v) is 6.87. The van der Waals surface area contributed by atoms with Crippen LogP contribution in [0, 0.1) is 5.92 Å². The topological polar surface area (TPSA) is 34.1 Å². The maximum Gasteiger partial charge on any atom is 0.147 e. The SMILES string of the molecule is CC(CBr)CCCS(C)(=O)=O. The van der Waals surface area contributed by atoms with Crippen molar-refractivity contribution in [2.45, 2.75) is 19.8 Å². The summed E-state index contributed by atoms with van der Waals surface area (Å²) in [6, 6.07) is 0. The Morgan fingerprint density at radius 2 is 2.00 bits per heavy atom. The number of hydrogen-bond acceptors (Lipinski definition) is 2. The molecule has 0 aromatic rings. The summed E-state index contributed by atoms with van der Waals surface area (Å²) in [6.45, 7) is 2.11. The third kappa shape index (κ3) is 8.34. The lowest BCUT2D eigenvalue weighted by molar-refractivity contribution is 0.570. The Morgan fingerprint density at radius 3 is 2.36 bits per heavy atom. The van der Waals surface area contributed by atoms with E-state index in [1.807, 2.05) is 0 Å². The van der Waals surface area contributed by atoms with Crippen LogP contribution in [-0.4, -0.2) is 25.8 Å². The molecule has 0 aliphatic heterocycles. The normalized spacial score (nSPS) is 14.8. The summed E-state index contributed by atoms with van der Waals surface area (Å²) in [4.78, 5) is 0. The Balaban J connectivity index is 3.43. The van der Waals surface area contributed by atoms with Crippen molar-refractivity contribution in [2.75, 3.05) is 17.3 Å². The van der Waals surface area contributed by atoms with Gasteiger partial charge in [-0.05, 0) is 18.8 Å². The van der Waals surface area contributed by atoms with Gasteiger partial charge in [0.05, 0.1) is 0 Å². The molecule has 0 heterocycles. The van der Waals surface area contributed by atoms with Gasteiger partial charge in [-0.1, -0.05) is 22.9 Å². The fourth-order valence-corrected chi connectivity index (χ4v) is 1.79. The van der Waals surface area contributed by atoms with Gasteiger partial charge in [-0.25, -0.2) is 8.42 Å². The van der Waals surface area contributed by atoms with Crippen LogP contribution in [0.25, 0.3) is 0 Å². The van der Waals surface area contributed by atoms with Gasteiger partial charge < -0.3 is 0 Å². The molecule has 4 heteroatoms. The van der Waals surface area contributed by atoms with Crippen molar-refractivity contribution in [1.29, 1.82) is 0 Å². The molecule has 0 spiro atoms. The van der Waals surface area contributed by atoms with Crippen LogP contribution in [0.3, 0.4) is 0 Å². The highest BCUT2D eigenvalue weighted by atomic mass is 79.9. The van der Waals surface area contributed by atoms with Crippen LogP contribution in [0.4, 0.5) is 0 Å². The second kappa shape index (κ2) is 5.14. The minimum atomic E-state index is -2.74. The molecule has 0 aromatic carbocycles. The van der Waals surface area contributed by atoms with Crippen LogP contribution in [0.15, 0.2) is 0 Å². The molecule has 0 bridgehead atoms. The molecule has 2 nitrogen and oxygen atoms in total. The fraction of sp³-hybridized carbons (Fsp3) is 1.00. The fourth-order valence-electron chi connectivity index (χ4n) is 0.771. The van der Waals surface area contributed by atoms with Crippen LogP contribution >= 0.6 is 15.9 Å². The molecular weight excluding hydrogens is 228 g/mol. The Kier molecular flexibility index (Phi) is 5.34. The van der Waals surface area contributed by atoms with Gasteiger partial charge in [-0.15, -0.1) is 0 Å². The van der Waals surface area contributed by atoms with Crippen molar-refractivity contribution in [3.8, 4) is 0 Å². The first-order chi connectivity index (χ1) is 4.95. The summed E-state index contributed by atoms with van der Waals surface area (Å²) >= 11 is 3.35. The Hall–Kier alpha value is 0.430. The van der Waals surface area contributed by atoms with Crippen LogP contribution < -0.4 is 0 Å². The van der Waals surface area contributed by atoms with E-state index in [2.05, 4.69) is 22.9 Å². The van der Waals surface area contributed by atoms with E-state index in [0.717, 1.165) is 18.2 Å². The first kappa shape index (κ1) is 11.4. The molecule has 0 aromatic heterocycles. The number of hydrogen-bond donors (Lipinski definition) is 0. The van der Waals surface area contributed by atoms with Crippen LogP contribution in [0.2, 0.25) is 0 Å². The van der Waals surface area contributed by atoms with Gasteiger partial charge in [0.25, 0.3) is 0 Å². The predicted octanol–water partition coefficient (Wildman–Crippen LogP) is 1.84. The largest absolute Gasteiger partial charge is 0.229 e. The molecule has 1 atom stereocenters. The number of sulfone groups is 1. The van der Waals surface area contributed by atoms with Crippen molar-refractivity contribution >= 4 is 25.8 Å². The quantitative estimate of drug-likeness (QED) is 0.690. The molecule has 0 saturated heterocycles. The molecule has 0 N–H and O–H groups in total. The first-order valence-electron chi connectivity index (χ1n) is 3.69. The molecule has 0 aliphatic carbocycles. The molecule has 68 valence electrons. The van der Waals surface area contributed by atoms with Crippen molar-refractivity contribution in [3.05, 3.63) is 0 Å². The van der Waals surface area contributed by atoms with Crippen LogP contribution in [-0.2, 0) is 9.84 Å². The van der Waals surface area contributed by atoms with Crippen molar-refractivity contribution in [2.24, 2.45) is 5.92 Å². The van der Waals surface area contributed by atoms with Gasteiger partial charge in [-0.2, -0.15) is 0 Å². The Labute approximate surface area is 77.4 Å². The minimum Gasteiger partial charge on any atom is -0.229 e. The number of rotatable bonds is 5. The third-order valence-corrected chi connectivity index (χ3v) is 3.61. The van der Waals surface area contributed by atoms with E-state index in [1.54, 1.807) is 0 Å². The van der Waals surface area contributed by atoms with Gasteiger partial charge in [0.15, 0.2) is 0 Å². The van der Waals surface area contributed by atoms with Gasteiger partial charge >= 0.3 is 0 Å². The smallest absolute Gasteiger partial charge is 0.147 e. The zero-order valence-electron chi connectivity index (χ0n) is 7.01. The average molecular weight is 243 g/mol. The molecule has 0 fully saturated rings. The highest BCUT2D eigenvalue weighted by Gasteiger charge is 2.04. The van der Waals surface area contributed by atoms with Crippen molar-refractivity contribution < 1.29 is 8.42 Å². The summed E-state index contributed by atoms with van der Waals surface area (Å²) in [5.74, 6) is 0.904. The lowest BCUT2D eigenvalue weighted by Gasteiger charge is -2.05. The lowest BCUT2D eigenvalue weighted by Crippen LogP contribution is -2.05. The Morgan fingerprint density at radius 1 is 1.45 bits per heavy atom. The predicted molar refractivity (Wildman–Crippen MR) is 51.9 cm³/mol. The Bertz CT molecular complexity index is 187. The molecule has 0 aliphatic rings. The van der Waals surface area contributed by atoms with Crippen molar-refractivity contribution in [3.63, 3.8) is 0 Å². The van der Waals surface area contributed by atoms with Gasteiger partial charge in [0, 0.05) is 17.3 Å². The highest BCUT2D eigenvalue weighted by Crippen LogP contribution is 2.08. The number of alkyl halides is 1. The molecule has 0 radical (unpaired) electrons. The summed E-state index contributed by atoms with van der Waals surface area (Å²) in [5.41, 5.74) is 0. The highest BCUT2D eigenvalue weighted by molar-refractivity contribution is 9.09. The molecule has 0 amide bonds. The average Bonchev–Trinajstić information content (AvgIpc) is 1.85. The van der Waals surface area contributed by atoms with E-state index in [1.165, 1.54) is 6.26 Å². The molecule has 0 rings (SSSR count). The third-order valence-electron chi connectivity index (χ3n) is 1.48. The van der Waals surface area contributed by atoms with E-state index in [9.17, 15) is 8.42 Å². The summed E-state index contributed by atoms with van der Waals surface area (Å²) < 4.78 is 21.4. The maximum atomic E-state index is 10.7. The standard InChI is InChI=1S/C7H15BrO2S/c1-7(6-8)4-3-5-11(2,9)10/h7H,3-6H2,1-2H3. The van der Waals surface area contributed by atoms with Gasteiger partial charge in [0.2, 0.25) is 0 Å². The minimum absolute atomic E-state index is 0.324. The van der Waals surface area contributed by atoms with E-state index in [-0.39, 0.29) is 0 Å². The van der Waals surface area contributed by atoms with Crippen LogP contribution in [0.1, 0.15) is 19.8 Å². The van der Waals surface area contributed by atoms with E-state index >= 15 is 0 Å². The molecule has 0 saturated carbocycles. The summed E-state index contributed by atoms with van der Waals surface area (Å²) in [6.07, 6.45) is 3.05. The van der Waals surface area contributed by atoms with Gasteiger partial charge in [-0.3, -0.25) is 0 Å². The number of halogens is 1. The van der Waals surface area contributed by atoms with E-state index in [0.29, 0.717) is 11.7 Å². The zero-order valence-corrected chi connectivity index (χ0v) is 9.41. The second-order valence-corrected chi connectivity index (χ2v) is 5.94. The molecular formula is C7H15BrO2S. The zero-order chi connectivity index (χ0) is 8.91. The van der Waals surface area contributed by atoms with Gasteiger partial charge in [0.1, 0.15) is 9.84 Å². The molecule has 1 unspecified atom stereocenters. The van der Waals surface area contributed by atoms with E-state index < -0.39 is 9.84 Å². The summed E-state index contributed by atoms with van der Waals surface area (Å²) in [5, 5.41) is 0.955. The monoisotopic (exact) mass is 242 g/mol. The maximum absolute atomic E-state index is 10.7. The van der Waals surface area contributed by atoms with Crippen molar-refractivity contribution in [1.82, 2.24) is 0 Å². The molecule has 11 heavy (non-hydrogen) atoms. The summed E-state index contributed by atoms with van der Waals surface area (Å²) in [7, 11) is -2.74. The van der Waals surface area contributed by atoms with Crippen LogP contribution in [0.5, 0.6) is 0 Å². The van der Waals surface area contributed by atoms with E-state index in [4.69, 9.17) is 0 Å². The lowest BCUT2D eigenvalue weighted by atomic mass is 10.1. The second-order valence-electron chi connectivity index (χ2n) is 3.03.